The fraction of sp³-hybridized carbons (Fsp3) is 0.300. The van der Waals surface area contributed by atoms with Gasteiger partial charge in [0.15, 0.2) is 6.61 Å². The number of benzene rings is 1. The molecule has 0 fully saturated rings. The van der Waals surface area contributed by atoms with Gasteiger partial charge in [0, 0.05) is 19.7 Å². The fourth-order valence-corrected chi connectivity index (χ4v) is 2.62. The van der Waals surface area contributed by atoms with Crippen LogP contribution in [0.2, 0.25) is 0 Å². The lowest BCUT2D eigenvalue weighted by Gasteiger charge is -2.16. The van der Waals surface area contributed by atoms with Crippen molar-refractivity contribution in [3.8, 4) is 0 Å². The van der Waals surface area contributed by atoms with Gasteiger partial charge in [-0.1, -0.05) is 26.0 Å². The maximum atomic E-state index is 13.1. The number of aromatic nitrogens is 2. The van der Waals surface area contributed by atoms with E-state index >= 15 is 0 Å². The van der Waals surface area contributed by atoms with Gasteiger partial charge in [-0.2, -0.15) is 0 Å². The molecule has 0 aliphatic rings. The Morgan fingerprint density at radius 2 is 1.97 bits per heavy atom. The second-order valence-corrected chi connectivity index (χ2v) is 6.83. The Labute approximate surface area is 166 Å². The second-order valence-electron chi connectivity index (χ2n) is 6.83. The molecule has 0 aliphatic heterocycles. The van der Waals surface area contributed by atoms with E-state index in [1.807, 2.05) is 13.8 Å². The number of ether oxygens (including phenoxy) is 1. The van der Waals surface area contributed by atoms with E-state index in [1.165, 1.54) is 31.3 Å². The number of halogens is 1. The number of nitrogen functional groups attached to an aromatic ring is 1. The van der Waals surface area contributed by atoms with E-state index in [2.05, 4.69) is 0 Å². The number of nitrogens with zero attached hydrogens (tertiary/aromatic N) is 2. The first kappa shape index (κ1) is 21.8. The molecule has 154 valence electrons. The van der Waals surface area contributed by atoms with Gasteiger partial charge in [-0.25, -0.2) is 14.0 Å². The second kappa shape index (κ2) is 9.13. The standard InChI is InChI=1S/C20H22FN3O5/c1-12(2)10-24-18(22)17(19(27)23(3)20(24)28)15(25)11-29-16(26)8-7-13-5-4-6-14(21)9-13/h4-9,12H,10-11,22H2,1-3H3/b8-7+. The van der Waals surface area contributed by atoms with E-state index < -0.39 is 41.0 Å². The molecule has 8 nitrogen and oxygen atoms in total. The normalized spacial score (nSPS) is 11.2. The molecule has 1 aromatic carbocycles. The Morgan fingerprint density at radius 1 is 1.28 bits per heavy atom. The van der Waals surface area contributed by atoms with Crippen molar-refractivity contribution in [2.75, 3.05) is 12.3 Å². The summed E-state index contributed by atoms with van der Waals surface area (Å²) in [7, 11) is 1.24. The largest absolute Gasteiger partial charge is 0.454 e. The Kier molecular flexibility index (Phi) is 6.87. The molecule has 0 spiro atoms. The van der Waals surface area contributed by atoms with Crippen LogP contribution < -0.4 is 17.0 Å². The molecule has 2 N–H and O–H groups in total. The lowest BCUT2D eigenvalue weighted by Crippen LogP contribution is -2.43. The number of carbonyl (C=O) groups excluding carboxylic acids is 2. The van der Waals surface area contributed by atoms with Gasteiger partial charge in [-0.05, 0) is 29.7 Å². The van der Waals surface area contributed by atoms with Gasteiger partial charge in [-0.15, -0.1) is 0 Å². The third-order valence-electron chi connectivity index (χ3n) is 4.02. The van der Waals surface area contributed by atoms with Crippen molar-refractivity contribution in [2.24, 2.45) is 13.0 Å². The molecule has 0 saturated heterocycles. The van der Waals surface area contributed by atoms with Crippen LogP contribution in [0.15, 0.2) is 39.9 Å². The molecule has 0 aliphatic carbocycles. The number of hydrogen-bond acceptors (Lipinski definition) is 6. The molecule has 1 heterocycles. The number of hydrogen-bond donors (Lipinski definition) is 1. The SMILES string of the molecule is CC(C)Cn1c(N)c(C(=O)COC(=O)/C=C/c2cccc(F)c2)c(=O)n(C)c1=O. The summed E-state index contributed by atoms with van der Waals surface area (Å²) in [6.07, 6.45) is 2.36. The van der Waals surface area contributed by atoms with Gasteiger partial charge >= 0.3 is 11.7 Å². The summed E-state index contributed by atoms with van der Waals surface area (Å²) in [6, 6.07) is 5.55. The van der Waals surface area contributed by atoms with Crippen LogP contribution in [0.25, 0.3) is 6.08 Å². The molecule has 29 heavy (non-hydrogen) atoms. The number of anilines is 1. The van der Waals surface area contributed by atoms with Gasteiger partial charge < -0.3 is 10.5 Å². The molecule has 0 bridgehead atoms. The van der Waals surface area contributed by atoms with E-state index in [-0.39, 0.29) is 18.3 Å². The Balaban J connectivity index is 2.18. The fourth-order valence-electron chi connectivity index (χ4n) is 2.62. The molecule has 0 unspecified atom stereocenters. The van der Waals surface area contributed by atoms with Gasteiger partial charge in [0.1, 0.15) is 17.2 Å². The third-order valence-corrected chi connectivity index (χ3v) is 4.02. The number of rotatable bonds is 7. The van der Waals surface area contributed by atoms with Crippen molar-refractivity contribution in [2.45, 2.75) is 20.4 Å². The Bertz CT molecular complexity index is 1080. The molecule has 0 atom stereocenters. The minimum atomic E-state index is -0.858. The zero-order valence-corrected chi connectivity index (χ0v) is 16.3. The summed E-state index contributed by atoms with van der Waals surface area (Å²) < 4.78 is 19.9. The van der Waals surface area contributed by atoms with Gasteiger partial charge in [0.2, 0.25) is 5.78 Å². The van der Waals surface area contributed by atoms with E-state index in [4.69, 9.17) is 10.5 Å². The van der Waals surface area contributed by atoms with Crippen molar-refractivity contribution >= 4 is 23.6 Å². The maximum Gasteiger partial charge on any atom is 0.332 e. The van der Waals surface area contributed by atoms with Crippen LogP contribution in [-0.2, 0) is 23.1 Å². The first-order chi connectivity index (χ1) is 13.6. The lowest BCUT2D eigenvalue weighted by molar-refractivity contribution is -0.136. The summed E-state index contributed by atoms with van der Waals surface area (Å²) in [5, 5.41) is 0. The van der Waals surface area contributed by atoms with E-state index in [0.717, 1.165) is 15.2 Å². The molecule has 0 radical (unpaired) electrons. The van der Waals surface area contributed by atoms with Gasteiger partial charge in [0.05, 0.1) is 0 Å². The summed E-state index contributed by atoms with van der Waals surface area (Å²) in [6.45, 7) is 3.19. The van der Waals surface area contributed by atoms with Crippen LogP contribution in [0.4, 0.5) is 10.2 Å². The van der Waals surface area contributed by atoms with Gasteiger partial charge in [-0.3, -0.25) is 18.7 Å². The number of esters is 1. The molecule has 2 aromatic rings. The van der Waals surface area contributed by atoms with Crippen LogP contribution in [0.5, 0.6) is 0 Å². The summed E-state index contributed by atoms with van der Waals surface area (Å²) in [5.41, 5.74) is 4.44. The van der Waals surface area contributed by atoms with Crippen molar-refractivity contribution < 1.29 is 18.7 Å². The minimum Gasteiger partial charge on any atom is -0.454 e. The molecular weight excluding hydrogens is 381 g/mol. The predicted octanol–water partition coefficient (Wildman–Crippen LogP) is 1.36. The highest BCUT2D eigenvalue weighted by Gasteiger charge is 2.22. The first-order valence-electron chi connectivity index (χ1n) is 8.84. The van der Waals surface area contributed by atoms with Gasteiger partial charge in [0.25, 0.3) is 5.56 Å². The number of ketones is 1. The van der Waals surface area contributed by atoms with E-state index in [0.29, 0.717) is 5.56 Å². The van der Waals surface area contributed by atoms with Crippen molar-refractivity contribution in [3.63, 3.8) is 0 Å². The first-order valence-corrected chi connectivity index (χ1v) is 8.84. The lowest BCUT2D eigenvalue weighted by atomic mass is 10.1. The average molecular weight is 403 g/mol. The van der Waals surface area contributed by atoms with Crippen LogP contribution in [-0.4, -0.2) is 27.5 Å². The highest BCUT2D eigenvalue weighted by molar-refractivity contribution is 6.01. The molecule has 0 saturated carbocycles. The quantitative estimate of drug-likeness (QED) is 0.424. The summed E-state index contributed by atoms with van der Waals surface area (Å²) in [4.78, 5) is 48.8. The van der Waals surface area contributed by atoms with Crippen molar-refractivity contribution in [1.82, 2.24) is 9.13 Å². The molecule has 0 amide bonds. The van der Waals surface area contributed by atoms with Crippen LogP contribution in [0.1, 0.15) is 29.8 Å². The number of Topliss-reactive ketones (excluding diaryl/α,β-unsaturated/α-hetero) is 1. The summed E-state index contributed by atoms with van der Waals surface area (Å²) in [5.74, 6) is -2.36. The van der Waals surface area contributed by atoms with Crippen LogP contribution in [0.3, 0.4) is 0 Å². The minimum absolute atomic E-state index is 0.0428. The van der Waals surface area contributed by atoms with E-state index in [1.54, 1.807) is 6.07 Å². The molecular formula is C20H22FN3O5. The van der Waals surface area contributed by atoms with Crippen LogP contribution in [0, 0.1) is 11.7 Å². The molecule has 1 aromatic heterocycles. The predicted molar refractivity (Wildman–Crippen MR) is 106 cm³/mol. The number of carbonyl (C=O) groups is 2. The Hall–Kier alpha value is -3.49. The monoisotopic (exact) mass is 403 g/mol. The van der Waals surface area contributed by atoms with Crippen molar-refractivity contribution in [3.05, 3.63) is 68.1 Å². The van der Waals surface area contributed by atoms with Crippen LogP contribution >= 0.6 is 0 Å². The van der Waals surface area contributed by atoms with Crippen molar-refractivity contribution in [1.29, 1.82) is 0 Å². The Morgan fingerprint density at radius 3 is 2.59 bits per heavy atom. The van der Waals surface area contributed by atoms with E-state index in [9.17, 15) is 23.6 Å². The maximum absolute atomic E-state index is 13.1. The molecule has 2 rings (SSSR count). The third kappa shape index (κ3) is 5.28. The zero-order chi connectivity index (χ0) is 21.7. The topological polar surface area (TPSA) is 113 Å². The average Bonchev–Trinajstić information content (AvgIpc) is 2.66. The number of nitrogens with two attached hydrogens (primary N) is 1. The zero-order valence-electron chi connectivity index (χ0n) is 16.3. The highest BCUT2D eigenvalue weighted by atomic mass is 19.1. The highest BCUT2D eigenvalue weighted by Crippen LogP contribution is 2.09. The summed E-state index contributed by atoms with van der Waals surface area (Å²) >= 11 is 0. The molecule has 9 heteroatoms. The smallest absolute Gasteiger partial charge is 0.332 e.